The number of amides is 1. The Kier molecular flexibility index (Phi) is 23.6. The summed E-state index contributed by atoms with van der Waals surface area (Å²) in [7, 11) is -2.36. The summed E-state index contributed by atoms with van der Waals surface area (Å²) in [5.74, 6) is -0.263. The Labute approximate surface area is 195 Å². The predicted octanol–water partition coefficient (Wildman–Crippen LogP) is 4.74. The van der Waals surface area contributed by atoms with Crippen molar-refractivity contribution in [2.45, 2.75) is 96.8 Å². The first-order valence-corrected chi connectivity index (χ1v) is 12.3. The van der Waals surface area contributed by atoms with Gasteiger partial charge in [-0.3, -0.25) is 8.98 Å². The Bertz CT molecular complexity index is 481. The van der Waals surface area contributed by atoms with Crippen molar-refractivity contribution in [3.05, 3.63) is 12.2 Å². The Morgan fingerprint density at radius 1 is 0.857 bits per heavy atom. The molecular formula is C21H41NNaO4S. The third kappa shape index (κ3) is 22.4. The van der Waals surface area contributed by atoms with Gasteiger partial charge in [-0.05, 0) is 32.1 Å². The first-order chi connectivity index (χ1) is 13.0. The van der Waals surface area contributed by atoms with Crippen LogP contribution in [0, 0.1) is 0 Å². The number of nitrogens with one attached hydrogen (secondary N) is 1. The zero-order chi connectivity index (χ0) is 20.2. The van der Waals surface area contributed by atoms with E-state index in [0.717, 1.165) is 32.8 Å². The molecule has 7 heteroatoms. The van der Waals surface area contributed by atoms with Gasteiger partial charge in [0.2, 0.25) is 5.91 Å². The van der Waals surface area contributed by atoms with Gasteiger partial charge in [0.25, 0.3) is 10.1 Å². The third-order valence-electron chi connectivity index (χ3n) is 4.59. The second kappa shape index (κ2) is 21.8. The standard InChI is InChI=1S/C21H41NO4S.Na/c1-3-4-5-6-7-8-9-10-11-12-13-14-15-16-17-18-21(23)22-19-20-27(24,25)26-2;/h10-11H,3-9,12-20H2,1-2H3,(H,22,23);/b11-10-;. The molecule has 1 N–H and O–H groups in total. The molecule has 1 amide bonds. The fourth-order valence-corrected chi connectivity index (χ4v) is 3.36. The number of unbranched alkanes of at least 4 members (excludes halogenated alkanes) is 11. The van der Waals surface area contributed by atoms with Gasteiger partial charge < -0.3 is 5.32 Å². The second-order valence-electron chi connectivity index (χ2n) is 7.11. The first kappa shape index (κ1) is 30.3. The molecule has 0 aromatic carbocycles. The van der Waals surface area contributed by atoms with Gasteiger partial charge in [-0.2, -0.15) is 8.42 Å². The van der Waals surface area contributed by atoms with E-state index in [2.05, 4.69) is 28.6 Å². The third-order valence-corrected chi connectivity index (χ3v) is 5.81. The number of carbonyl (C=O) groups excluding carboxylic acids is 1. The number of carbonyl (C=O) groups is 1. The van der Waals surface area contributed by atoms with Gasteiger partial charge in [-0.1, -0.05) is 70.4 Å². The molecule has 0 aliphatic heterocycles. The van der Waals surface area contributed by atoms with Crippen molar-refractivity contribution in [2.75, 3.05) is 19.4 Å². The van der Waals surface area contributed by atoms with E-state index in [1.54, 1.807) is 0 Å². The number of allylic oxidation sites excluding steroid dienone is 2. The van der Waals surface area contributed by atoms with E-state index in [1.807, 2.05) is 0 Å². The fraction of sp³-hybridized carbons (Fsp3) is 0.857. The Balaban J connectivity index is 0. The normalized spacial score (nSPS) is 11.5. The maximum absolute atomic E-state index is 11.6. The van der Waals surface area contributed by atoms with Crippen LogP contribution in [0.2, 0.25) is 0 Å². The Morgan fingerprint density at radius 2 is 1.36 bits per heavy atom. The average molecular weight is 427 g/mol. The van der Waals surface area contributed by atoms with E-state index in [4.69, 9.17) is 0 Å². The summed E-state index contributed by atoms with van der Waals surface area (Å²) in [4.78, 5) is 11.6. The molecule has 0 spiro atoms. The van der Waals surface area contributed by atoms with Gasteiger partial charge in [-0.15, -0.1) is 0 Å². The molecule has 0 rings (SSSR count). The minimum atomic E-state index is -3.49. The van der Waals surface area contributed by atoms with Crippen LogP contribution in [0.4, 0.5) is 0 Å². The summed E-state index contributed by atoms with van der Waals surface area (Å²) in [6, 6.07) is 0. The summed E-state index contributed by atoms with van der Waals surface area (Å²) < 4.78 is 26.5. The van der Waals surface area contributed by atoms with Crippen LogP contribution < -0.4 is 5.32 Å². The largest absolute Gasteiger partial charge is 0.355 e. The maximum Gasteiger partial charge on any atom is 0.268 e. The Morgan fingerprint density at radius 3 is 1.89 bits per heavy atom. The summed E-state index contributed by atoms with van der Waals surface area (Å²) in [6.07, 6.45) is 21.1. The van der Waals surface area contributed by atoms with E-state index in [-0.39, 0.29) is 47.8 Å². The Hall–Kier alpha value is 0.120. The molecular weight excluding hydrogens is 385 g/mol. The molecule has 0 atom stereocenters. The van der Waals surface area contributed by atoms with E-state index in [0.29, 0.717) is 6.42 Å². The van der Waals surface area contributed by atoms with Crippen molar-refractivity contribution in [1.29, 1.82) is 0 Å². The molecule has 0 bridgehead atoms. The molecule has 5 nitrogen and oxygen atoms in total. The van der Waals surface area contributed by atoms with Crippen LogP contribution in [0.25, 0.3) is 0 Å². The second-order valence-corrected chi connectivity index (χ2v) is 8.97. The van der Waals surface area contributed by atoms with Crippen LogP contribution >= 0.6 is 0 Å². The molecule has 0 aromatic heterocycles. The van der Waals surface area contributed by atoms with Crippen LogP contribution in [-0.2, 0) is 19.1 Å². The van der Waals surface area contributed by atoms with Crippen molar-refractivity contribution in [3.63, 3.8) is 0 Å². The first-order valence-electron chi connectivity index (χ1n) is 10.7. The van der Waals surface area contributed by atoms with Gasteiger partial charge in [0.15, 0.2) is 0 Å². The van der Waals surface area contributed by atoms with Crippen LogP contribution in [0.1, 0.15) is 96.8 Å². The molecule has 0 saturated heterocycles. The van der Waals surface area contributed by atoms with E-state index in [1.165, 1.54) is 57.8 Å². The molecule has 0 fully saturated rings. The van der Waals surface area contributed by atoms with Crippen LogP contribution in [0.15, 0.2) is 12.2 Å². The SMILES string of the molecule is CCCCCCCC/C=C\CCCCCCCC(=O)NCCS(=O)(=O)OC.[Na]. The van der Waals surface area contributed by atoms with Crippen LogP contribution in [0.5, 0.6) is 0 Å². The summed E-state index contributed by atoms with van der Waals surface area (Å²) in [6.45, 7) is 2.36. The molecule has 0 saturated carbocycles. The number of rotatable bonds is 19. The zero-order valence-electron chi connectivity index (χ0n) is 18.5. The fourth-order valence-electron chi connectivity index (χ4n) is 2.84. The van der Waals surface area contributed by atoms with Gasteiger partial charge in [-0.25, -0.2) is 0 Å². The van der Waals surface area contributed by atoms with E-state index < -0.39 is 10.1 Å². The summed E-state index contributed by atoms with van der Waals surface area (Å²) in [5.41, 5.74) is 0. The number of hydrogen-bond acceptors (Lipinski definition) is 4. The average Bonchev–Trinajstić information content (AvgIpc) is 2.64. The summed E-state index contributed by atoms with van der Waals surface area (Å²) >= 11 is 0. The van der Waals surface area contributed by atoms with Gasteiger partial charge in [0.05, 0.1) is 12.9 Å². The van der Waals surface area contributed by atoms with Gasteiger partial charge in [0, 0.05) is 42.5 Å². The maximum atomic E-state index is 11.6. The van der Waals surface area contributed by atoms with Crippen molar-refractivity contribution < 1.29 is 17.4 Å². The molecule has 0 unspecified atom stereocenters. The molecule has 161 valence electrons. The monoisotopic (exact) mass is 426 g/mol. The quantitative estimate of drug-likeness (QED) is 0.140. The molecule has 28 heavy (non-hydrogen) atoms. The van der Waals surface area contributed by atoms with E-state index in [9.17, 15) is 13.2 Å². The summed E-state index contributed by atoms with van der Waals surface area (Å²) in [5, 5.41) is 2.62. The van der Waals surface area contributed by atoms with Crippen molar-refractivity contribution >= 4 is 45.6 Å². The minimum absolute atomic E-state index is 0. The van der Waals surface area contributed by atoms with Crippen LogP contribution in [-0.4, -0.2) is 63.3 Å². The molecule has 0 heterocycles. The van der Waals surface area contributed by atoms with E-state index >= 15 is 0 Å². The minimum Gasteiger partial charge on any atom is -0.355 e. The van der Waals surface area contributed by atoms with Crippen molar-refractivity contribution in [1.82, 2.24) is 5.32 Å². The van der Waals surface area contributed by atoms with Gasteiger partial charge >= 0.3 is 0 Å². The zero-order valence-corrected chi connectivity index (χ0v) is 21.3. The van der Waals surface area contributed by atoms with Crippen LogP contribution in [0.3, 0.4) is 0 Å². The molecule has 0 aliphatic rings. The predicted molar refractivity (Wildman–Crippen MR) is 119 cm³/mol. The molecule has 0 aliphatic carbocycles. The van der Waals surface area contributed by atoms with Crippen molar-refractivity contribution in [3.8, 4) is 0 Å². The molecule has 1 radical (unpaired) electrons. The smallest absolute Gasteiger partial charge is 0.268 e. The van der Waals surface area contributed by atoms with Crippen molar-refractivity contribution in [2.24, 2.45) is 0 Å². The number of hydrogen-bond donors (Lipinski definition) is 1. The molecule has 0 aromatic rings. The van der Waals surface area contributed by atoms with Gasteiger partial charge in [0.1, 0.15) is 0 Å². The topological polar surface area (TPSA) is 72.5 Å².